The molecule has 0 aliphatic heterocycles. The fourth-order valence-electron chi connectivity index (χ4n) is 1.70. The van der Waals surface area contributed by atoms with E-state index < -0.39 is 34.0 Å². The van der Waals surface area contributed by atoms with Crippen LogP contribution in [0.15, 0.2) is 17.5 Å². The van der Waals surface area contributed by atoms with E-state index in [0.717, 1.165) is 17.1 Å². The number of nitrogens with zero attached hydrogens (tertiary/aromatic N) is 2. The van der Waals surface area contributed by atoms with Gasteiger partial charge in [0.25, 0.3) is 5.69 Å². The number of benzene rings is 1. The second-order valence-electron chi connectivity index (χ2n) is 4.17. The molecule has 1 unspecified atom stereocenters. The molecular weight excluding hydrogens is 288 g/mol. The summed E-state index contributed by atoms with van der Waals surface area (Å²) in [5, 5.41) is 16.1. The van der Waals surface area contributed by atoms with Crippen molar-refractivity contribution in [2.75, 3.05) is 5.32 Å². The van der Waals surface area contributed by atoms with Gasteiger partial charge in [-0.2, -0.15) is 0 Å². The van der Waals surface area contributed by atoms with Gasteiger partial charge < -0.3 is 5.32 Å². The van der Waals surface area contributed by atoms with Crippen LogP contribution in [0.4, 0.5) is 20.2 Å². The zero-order valence-corrected chi connectivity index (χ0v) is 11.5. The van der Waals surface area contributed by atoms with Crippen LogP contribution in [0.5, 0.6) is 0 Å². The van der Waals surface area contributed by atoms with Gasteiger partial charge in [-0.25, -0.2) is 13.8 Å². The molecule has 1 heterocycles. The quantitative estimate of drug-likeness (QED) is 0.688. The van der Waals surface area contributed by atoms with E-state index in [-0.39, 0.29) is 0 Å². The summed E-state index contributed by atoms with van der Waals surface area (Å²) in [5.41, 5.74) is -0.360. The monoisotopic (exact) mass is 299 g/mol. The number of rotatable bonds is 4. The van der Waals surface area contributed by atoms with E-state index in [0.29, 0.717) is 5.69 Å². The third-order valence-electron chi connectivity index (χ3n) is 2.71. The van der Waals surface area contributed by atoms with Crippen molar-refractivity contribution in [3.05, 3.63) is 50.0 Å². The Labute approximate surface area is 117 Å². The van der Waals surface area contributed by atoms with Gasteiger partial charge in [-0.05, 0) is 19.9 Å². The minimum atomic E-state index is -1.27. The number of thiazole rings is 1. The zero-order chi connectivity index (χ0) is 14.9. The average Bonchev–Trinajstić information content (AvgIpc) is 2.81. The summed E-state index contributed by atoms with van der Waals surface area (Å²) in [6.07, 6.45) is 0. The van der Waals surface area contributed by atoms with Crippen LogP contribution in [-0.2, 0) is 0 Å². The number of nitro benzene ring substituents is 1. The number of halogens is 2. The second kappa shape index (κ2) is 5.49. The first-order valence-corrected chi connectivity index (χ1v) is 6.59. The first kappa shape index (κ1) is 14.3. The normalized spacial score (nSPS) is 12.2. The van der Waals surface area contributed by atoms with Gasteiger partial charge in [-0.3, -0.25) is 10.1 Å². The molecule has 0 spiro atoms. The Morgan fingerprint density at radius 3 is 2.70 bits per heavy atom. The second-order valence-corrected chi connectivity index (χ2v) is 5.23. The van der Waals surface area contributed by atoms with E-state index in [1.807, 2.05) is 6.92 Å². The maximum absolute atomic E-state index is 13.7. The Balaban J connectivity index is 2.37. The van der Waals surface area contributed by atoms with Crippen LogP contribution in [0.2, 0.25) is 0 Å². The van der Waals surface area contributed by atoms with Crippen molar-refractivity contribution in [1.29, 1.82) is 0 Å². The first-order valence-electron chi connectivity index (χ1n) is 5.71. The van der Waals surface area contributed by atoms with Gasteiger partial charge >= 0.3 is 0 Å². The predicted octanol–water partition coefficient (Wildman–Crippen LogP) is 3.81. The molecular formula is C12H11F2N3O2S. The zero-order valence-electron chi connectivity index (χ0n) is 10.7. The van der Waals surface area contributed by atoms with Crippen LogP contribution < -0.4 is 5.32 Å². The Morgan fingerprint density at radius 1 is 1.45 bits per heavy atom. The predicted molar refractivity (Wildman–Crippen MR) is 71.9 cm³/mol. The summed E-state index contributed by atoms with van der Waals surface area (Å²) in [5.74, 6) is -2.40. The van der Waals surface area contributed by atoms with Crippen LogP contribution in [0.25, 0.3) is 0 Å². The summed E-state index contributed by atoms with van der Waals surface area (Å²) >= 11 is 1.41. The maximum atomic E-state index is 13.7. The van der Waals surface area contributed by atoms with Crippen LogP contribution in [0.1, 0.15) is 23.7 Å². The molecule has 5 nitrogen and oxygen atoms in total. The molecule has 0 amide bonds. The Hall–Kier alpha value is -2.09. The lowest BCUT2D eigenvalue weighted by atomic mass is 10.2. The summed E-state index contributed by atoms with van der Waals surface area (Å²) < 4.78 is 27.0. The summed E-state index contributed by atoms with van der Waals surface area (Å²) in [4.78, 5) is 14.3. The van der Waals surface area contributed by atoms with Gasteiger partial charge in [0.05, 0.1) is 21.7 Å². The lowest BCUT2D eigenvalue weighted by Gasteiger charge is -2.14. The molecule has 1 N–H and O–H groups in total. The van der Waals surface area contributed by atoms with Crippen molar-refractivity contribution in [2.45, 2.75) is 19.9 Å². The SMILES string of the molecule is Cc1nc(C(C)Nc2c([N+](=O)[O-])ccc(F)c2F)cs1. The van der Waals surface area contributed by atoms with Crippen LogP contribution >= 0.6 is 11.3 Å². The minimum Gasteiger partial charge on any atom is -0.369 e. The molecule has 0 fully saturated rings. The third-order valence-corrected chi connectivity index (χ3v) is 3.50. The van der Waals surface area contributed by atoms with Gasteiger partial charge in [0, 0.05) is 11.4 Å². The molecule has 0 radical (unpaired) electrons. The molecule has 0 aliphatic carbocycles. The molecule has 0 aliphatic rings. The van der Waals surface area contributed by atoms with E-state index in [9.17, 15) is 18.9 Å². The highest BCUT2D eigenvalue weighted by molar-refractivity contribution is 7.09. The molecule has 8 heteroatoms. The molecule has 1 atom stereocenters. The van der Waals surface area contributed by atoms with Crippen LogP contribution in [0.3, 0.4) is 0 Å². The number of hydrogen-bond acceptors (Lipinski definition) is 5. The van der Waals surface area contributed by atoms with Crippen molar-refractivity contribution in [3.8, 4) is 0 Å². The van der Waals surface area contributed by atoms with Crippen molar-refractivity contribution in [3.63, 3.8) is 0 Å². The number of aryl methyl sites for hydroxylation is 1. The van der Waals surface area contributed by atoms with E-state index in [1.165, 1.54) is 11.3 Å². The molecule has 20 heavy (non-hydrogen) atoms. The van der Waals surface area contributed by atoms with Crippen molar-refractivity contribution >= 4 is 22.7 Å². The van der Waals surface area contributed by atoms with Gasteiger partial charge in [-0.15, -0.1) is 11.3 Å². The Kier molecular flexibility index (Phi) is 3.93. The molecule has 2 rings (SSSR count). The van der Waals surface area contributed by atoms with Gasteiger partial charge in [0.2, 0.25) is 0 Å². The van der Waals surface area contributed by atoms with Gasteiger partial charge in [0.1, 0.15) is 0 Å². The molecule has 1 aromatic carbocycles. The summed E-state index contributed by atoms with van der Waals surface area (Å²) in [6, 6.07) is 1.19. The van der Waals surface area contributed by atoms with Gasteiger partial charge in [0.15, 0.2) is 17.3 Å². The van der Waals surface area contributed by atoms with Crippen molar-refractivity contribution in [1.82, 2.24) is 4.98 Å². The smallest absolute Gasteiger partial charge is 0.295 e. The van der Waals surface area contributed by atoms with E-state index in [1.54, 1.807) is 12.3 Å². The topological polar surface area (TPSA) is 68.1 Å². The van der Waals surface area contributed by atoms with E-state index in [4.69, 9.17) is 0 Å². The van der Waals surface area contributed by atoms with Crippen molar-refractivity contribution < 1.29 is 13.7 Å². The largest absolute Gasteiger partial charge is 0.369 e. The summed E-state index contributed by atoms with van der Waals surface area (Å²) in [6.45, 7) is 3.48. The first-order chi connectivity index (χ1) is 9.40. The number of nitro groups is 1. The molecule has 1 aromatic heterocycles. The standard InChI is InChI=1S/C12H11F2N3O2S/c1-6(9-5-20-7(2)16-9)15-12-10(17(18)19)4-3-8(13)11(12)14/h3-6,15H,1-2H3. The minimum absolute atomic E-state index is 0.465. The molecule has 106 valence electrons. The lowest BCUT2D eigenvalue weighted by Crippen LogP contribution is -2.11. The highest BCUT2D eigenvalue weighted by Crippen LogP contribution is 2.32. The fraction of sp³-hybridized carbons (Fsp3) is 0.250. The third kappa shape index (κ3) is 2.74. The average molecular weight is 299 g/mol. The fourth-order valence-corrected chi connectivity index (χ4v) is 2.41. The highest BCUT2D eigenvalue weighted by atomic mass is 32.1. The maximum Gasteiger partial charge on any atom is 0.295 e. The number of aromatic nitrogens is 1. The number of anilines is 1. The number of hydrogen-bond donors (Lipinski definition) is 1. The molecule has 0 saturated carbocycles. The van der Waals surface area contributed by atoms with Gasteiger partial charge in [-0.1, -0.05) is 0 Å². The van der Waals surface area contributed by atoms with E-state index in [2.05, 4.69) is 10.3 Å². The van der Waals surface area contributed by atoms with Crippen molar-refractivity contribution in [2.24, 2.45) is 0 Å². The lowest BCUT2D eigenvalue weighted by molar-refractivity contribution is -0.384. The van der Waals surface area contributed by atoms with E-state index >= 15 is 0 Å². The highest BCUT2D eigenvalue weighted by Gasteiger charge is 2.23. The molecule has 2 aromatic rings. The molecule has 0 saturated heterocycles. The van der Waals surface area contributed by atoms with Crippen LogP contribution in [0, 0.1) is 28.7 Å². The Bertz CT molecular complexity index is 660. The van der Waals surface area contributed by atoms with Crippen LogP contribution in [-0.4, -0.2) is 9.91 Å². The number of nitrogens with one attached hydrogen (secondary N) is 1. The molecule has 0 bridgehead atoms. The summed E-state index contributed by atoms with van der Waals surface area (Å²) in [7, 11) is 0. The Morgan fingerprint density at radius 2 is 2.15 bits per heavy atom.